The van der Waals surface area contributed by atoms with Crippen LogP contribution >= 0.6 is 0 Å². The van der Waals surface area contributed by atoms with Crippen LogP contribution < -0.4 is 4.72 Å². The van der Waals surface area contributed by atoms with E-state index in [2.05, 4.69) is 9.88 Å². The predicted molar refractivity (Wildman–Crippen MR) is 81.1 cm³/mol. The maximum absolute atomic E-state index is 12.1. The van der Waals surface area contributed by atoms with Crippen LogP contribution in [-0.4, -0.2) is 25.9 Å². The number of benzene rings is 2. The van der Waals surface area contributed by atoms with Gasteiger partial charge < -0.3 is 5.21 Å². The third-order valence-electron chi connectivity index (χ3n) is 2.99. The van der Waals surface area contributed by atoms with E-state index in [1.165, 1.54) is 12.1 Å². The summed E-state index contributed by atoms with van der Waals surface area (Å²) in [5.41, 5.74) is 1.90. The molecule has 0 bridgehead atoms. The Morgan fingerprint density at radius 3 is 2.29 bits per heavy atom. The lowest BCUT2D eigenvalue weighted by molar-refractivity contribution is 0.318. The molecule has 0 spiro atoms. The second kappa shape index (κ2) is 6.51. The minimum atomic E-state index is -3.63. The van der Waals surface area contributed by atoms with Gasteiger partial charge in [0.15, 0.2) is 0 Å². The summed E-state index contributed by atoms with van der Waals surface area (Å²) in [7, 11) is -3.63. The number of hydrogen-bond donors (Lipinski definition) is 2. The van der Waals surface area contributed by atoms with Gasteiger partial charge in [-0.25, -0.2) is 13.1 Å². The van der Waals surface area contributed by atoms with Crippen molar-refractivity contribution in [3.05, 3.63) is 65.7 Å². The fourth-order valence-corrected chi connectivity index (χ4v) is 2.78. The Labute approximate surface area is 124 Å². The summed E-state index contributed by atoms with van der Waals surface area (Å²) in [4.78, 5) is 0.179. The fraction of sp³-hybridized carbons (Fsp3) is 0.133. The van der Waals surface area contributed by atoms with Gasteiger partial charge in [0, 0.05) is 5.56 Å². The quantitative estimate of drug-likeness (QED) is 0.505. The van der Waals surface area contributed by atoms with Gasteiger partial charge in [0.1, 0.15) is 5.71 Å². The molecule has 0 atom stereocenters. The highest BCUT2D eigenvalue weighted by Crippen LogP contribution is 2.10. The molecule has 0 aliphatic rings. The Morgan fingerprint density at radius 1 is 1.10 bits per heavy atom. The van der Waals surface area contributed by atoms with Gasteiger partial charge in [-0.1, -0.05) is 53.2 Å². The average Bonchev–Trinajstić information content (AvgIpc) is 2.49. The molecule has 2 aromatic carbocycles. The molecule has 0 amide bonds. The molecule has 2 rings (SSSR count). The van der Waals surface area contributed by atoms with Crippen LogP contribution in [0.5, 0.6) is 0 Å². The van der Waals surface area contributed by atoms with Crippen molar-refractivity contribution in [3.63, 3.8) is 0 Å². The summed E-state index contributed by atoms with van der Waals surface area (Å²) in [6.07, 6.45) is 0. The smallest absolute Gasteiger partial charge is 0.240 e. The van der Waals surface area contributed by atoms with Crippen LogP contribution in [0.1, 0.15) is 11.1 Å². The summed E-state index contributed by atoms with van der Waals surface area (Å²) >= 11 is 0. The van der Waals surface area contributed by atoms with E-state index in [1.54, 1.807) is 36.4 Å². The monoisotopic (exact) mass is 304 g/mol. The summed E-state index contributed by atoms with van der Waals surface area (Å²) in [6.45, 7) is 1.80. The molecule has 0 fully saturated rings. The maximum atomic E-state index is 12.1. The first kappa shape index (κ1) is 15.2. The van der Waals surface area contributed by atoms with Crippen molar-refractivity contribution >= 4 is 15.7 Å². The summed E-state index contributed by atoms with van der Waals surface area (Å²) < 4.78 is 26.7. The normalized spacial score (nSPS) is 12.3. The Hall–Kier alpha value is -2.18. The zero-order chi connectivity index (χ0) is 15.3. The average molecular weight is 304 g/mol. The second-order valence-corrected chi connectivity index (χ2v) is 6.32. The molecule has 2 N–H and O–H groups in total. The minimum absolute atomic E-state index is 0.0866. The molecule has 0 saturated carbocycles. The van der Waals surface area contributed by atoms with Crippen LogP contribution in [0.2, 0.25) is 0 Å². The molecule has 0 saturated heterocycles. The van der Waals surface area contributed by atoms with E-state index in [9.17, 15) is 8.42 Å². The number of oxime groups is 1. The highest BCUT2D eigenvalue weighted by atomic mass is 32.2. The van der Waals surface area contributed by atoms with Gasteiger partial charge in [-0.05, 0) is 19.1 Å². The first-order valence-electron chi connectivity index (χ1n) is 6.35. The van der Waals surface area contributed by atoms with E-state index in [4.69, 9.17) is 5.21 Å². The molecule has 2 aromatic rings. The van der Waals surface area contributed by atoms with Crippen molar-refractivity contribution in [1.29, 1.82) is 0 Å². The van der Waals surface area contributed by atoms with E-state index in [-0.39, 0.29) is 17.2 Å². The molecule has 0 heterocycles. The minimum Gasteiger partial charge on any atom is -0.411 e. The Kier molecular flexibility index (Phi) is 4.72. The van der Waals surface area contributed by atoms with Gasteiger partial charge in [0.25, 0.3) is 0 Å². The van der Waals surface area contributed by atoms with Crippen molar-refractivity contribution in [2.45, 2.75) is 11.8 Å². The lowest BCUT2D eigenvalue weighted by Crippen LogP contribution is -2.30. The number of aryl methyl sites for hydroxylation is 1. The van der Waals surface area contributed by atoms with E-state index in [0.29, 0.717) is 5.56 Å². The first-order valence-corrected chi connectivity index (χ1v) is 7.84. The lowest BCUT2D eigenvalue weighted by Gasteiger charge is -2.08. The zero-order valence-electron chi connectivity index (χ0n) is 11.5. The first-order chi connectivity index (χ1) is 10.0. The molecular formula is C15H16N2O3S. The summed E-state index contributed by atoms with van der Waals surface area (Å²) in [5.74, 6) is 0. The molecule has 21 heavy (non-hydrogen) atoms. The van der Waals surface area contributed by atoms with Crippen molar-refractivity contribution in [2.75, 3.05) is 6.54 Å². The van der Waals surface area contributed by atoms with Gasteiger partial charge >= 0.3 is 0 Å². The Bertz CT molecular complexity index is 723. The Morgan fingerprint density at radius 2 is 1.71 bits per heavy atom. The van der Waals surface area contributed by atoms with Crippen LogP contribution in [0.15, 0.2) is 64.6 Å². The Balaban J connectivity index is 2.13. The maximum Gasteiger partial charge on any atom is 0.240 e. The van der Waals surface area contributed by atoms with Crippen molar-refractivity contribution in [3.8, 4) is 0 Å². The molecule has 5 nitrogen and oxygen atoms in total. The molecule has 0 aromatic heterocycles. The van der Waals surface area contributed by atoms with Crippen molar-refractivity contribution < 1.29 is 13.6 Å². The van der Waals surface area contributed by atoms with Crippen LogP contribution in [0, 0.1) is 6.92 Å². The molecule has 6 heteroatoms. The van der Waals surface area contributed by atoms with E-state index in [0.717, 1.165) is 5.56 Å². The highest BCUT2D eigenvalue weighted by molar-refractivity contribution is 7.89. The van der Waals surface area contributed by atoms with Gasteiger partial charge in [-0.2, -0.15) is 0 Å². The lowest BCUT2D eigenvalue weighted by atomic mass is 10.1. The SMILES string of the molecule is Cc1ccc(S(=O)(=O)NC/C(=N/O)c2ccccc2)cc1. The topological polar surface area (TPSA) is 78.8 Å². The molecule has 110 valence electrons. The van der Waals surface area contributed by atoms with Gasteiger partial charge in [0.05, 0.1) is 11.4 Å². The van der Waals surface area contributed by atoms with E-state index in [1.807, 2.05) is 13.0 Å². The van der Waals surface area contributed by atoms with Crippen LogP contribution in [0.4, 0.5) is 0 Å². The van der Waals surface area contributed by atoms with Gasteiger partial charge in [0.2, 0.25) is 10.0 Å². The number of nitrogens with one attached hydrogen (secondary N) is 1. The van der Waals surface area contributed by atoms with Crippen LogP contribution in [0.3, 0.4) is 0 Å². The van der Waals surface area contributed by atoms with Crippen molar-refractivity contribution in [2.24, 2.45) is 5.16 Å². The molecule has 0 unspecified atom stereocenters. The number of nitrogens with zero attached hydrogens (tertiary/aromatic N) is 1. The predicted octanol–water partition coefficient (Wildman–Crippen LogP) is 2.15. The van der Waals surface area contributed by atoms with Gasteiger partial charge in [-0.15, -0.1) is 0 Å². The second-order valence-electron chi connectivity index (χ2n) is 4.55. The van der Waals surface area contributed by atoms with E-state index < -0.39 is 10.0 Å². The largest absolute Gasteiger partial charge is 0.411 e. The van der Waals surface area contributed by atoms with Crippen molar-refractivity contribution in [1.82, 2.24) is 4.72 Å². The molecular weight excluding hydrogens is 288 g/mol. The highest BCUT2D eigenvalue weighted by Gasteiger charge is 2.15. The summed E-state index contributed by atoms with van der Waals surface area (Å²) in [5, 5.41) is 12.2. The third kappa shape index (κ3) is 3.90. The van der Waals surface area contributed by atoms with Gasteiger partial charge in [-0.3, -0.25) is 0 Å². The molecule has 0 aliphatic heterocycles. The van der Waals surface area contributed by atoms with E-state index >= 15 is 0 Å². The molecule has 0 aliphatic carbocycles. The molecule has 0 radical (unpaired) electrons. The summed E-state index contributed by atoms with van der Waals surface area (Å²) in [6, 6.07) is 15.4. The van der Waals surface area contributed by atoms with Crippen LogP contribution in [0.25, 0.3) is 0 Å². The zero-order valence-corrected chi connectivity index (χ0v) is 12.3. The van der Waals surface area contributed by atoms with Crippen LogP contribution in [-0.2, 0) is 10.0 Å². The number of hydrogen-bond acceptors (Lipinski definition) is 4. The standard InChI is InChI=1S/C15H16N2O3S/c1-12-7-9-14(10-8-12)21(19,20)16-11-15(17-18)13-5-3-2-4-6-13/h2-10,16,18H,11H2,1H3/b17-15-. The number of rotatable bonds is 5. The number of sulfonamides is 1. The fourth-order valence-electron chi connectivity index (χ4n) is 1.79. The third-order valence-corrected chi connectivity index (χ3v) is 4.41.